The number of carbonyl (C=O) groups is 1. The van der Waals surface area contributed by atoms with Gasteiger partial charge in [0.05, 0.1) is 23.3 Å². The number of carbonyl (C=O) groups excluding carboxylic acids is 1. The van der Waals surface area contributed by atoms with Crippen LogP contribution in [0.3, 0.4) is 0 Å². The van der Waals surface area contributed by atoms with E-state index in [4.69, 9.17) is 0 Å². The van der Waals surface area contributed by atoms with Crippen molar-refractivity contribution in [3.8, 4) is 6.07 Å². The number of nitrogens with one attached hydrogen (secondary N) is 1. The van der Waals surface area contributed by atoms with Crippen molar-refractivity contribution in [3.63, 3.8) is 0 Å². The summed E-state index contributed by atoms with van der Waals surface area (Å²) in [7, 11) is 0. The van der Waals surface area contributed by atoms with Crippen molar-refractivity contribution in [1.29, 1.82) is 5.26 Å². The van der Waals surface area contributed by atoms with Gasteiger partial charge in [-0.3, -0.25) is 9.78 Å². The average Bonchev–Trinajstić information content (AvgIpc) is 3.06. The van der Waals surface area contributed by atoms with E-state index in [0.717, 1.165) is 48.0 Å². The van der Waals surface area contributed by atoms with Gasteiger partial charge in [0.2, 0.25) is 5.91 Å². The van der Waals surface area contributed by atoms with Crippen LogP contribution in [0.1, 0.15) is 29.5 Å². The third-order valence-corrected chi connectivity index (χ3v) is 4.30. The van der Waals surface area contributed by atoms with E-state index in [2.05, 4.69) is 22.4 Å². The first-order chi connectivity index (χ1) is 11.1. The number of hydrogen-bond acceptors (Lipinski definition) is 4. The molecular weight excluding hydrogens is 288 g/mol. The Morgan fingerprint density at radius 3 is 2.78 bits per heavy atom. The Morgan fingerprint density at radius 2 is 2.09 bits per heavy atom. The van der Waals surface area contributed by atoms with Crippen LogP contribution in [-0.4, -0.2) is 35.4 Å². The number of rotatable bonds is 3. The lowest BCUT2D eigenvalue weighted by Gasteiger charge is -2.17. The van der Waals surface area contributed by atoms with Crippen LogP contribution in [-0.2, 0) is 4.79 Å². The number of amides is 1. The molecule has 1 fully saturated rings. The van der Waals surface area contributed by atoms with E-state index in [0.29, 0.717) is 11.3 Å². The number of aryl methyl sites for hydroxylation is 2. The summed E-state index contributed by atoms with van der Waals surface area (Å²) >= 11 is 0. The molecule has 5 nitrogen and oxygen atoms in total. The van der Waals surface area contributed by atoms with Crippen LogP contribution in [0.5, 0.6) is 0 Å². The smallest absolute Gasteiger partial charge is 0.241 e. The first-order valence-corrected chi connectivity index (χ1v) is 7.92. The van der Waals surface area contributed by atoms with Crippen LogP contribution in [0.15, 0.2) is 18.3 Å². The Kier molecular flexibility index (Phi) is 4.16. The molecule has 1 aliphatic rings. The summed E-state index contributed by atoms with van der Waals surface area (Å²) in [4.78, 5) is 18.5. The van der Waals surface area contributed by atoms with E-state index in [1.165, 1.54) is 0 Å². The van der Waals surface area contributed by atoms with Crippen LogP contribution in [0.2, 0.25) is 0 Å². The van der Waals surface area contributed by atoms with E-state index >= 15 is 0 Å². The lowest BCUT2D eigenvalue weighted by molar-refractivity contribution is -0.128. The summed E-state index contributed by atoms with van der Waals surface area (Å²) in [6, 6.07) is 6.25. The summed E-state index contributed by atoms with van der Waals surface area (Å²) in [6.07, 6.45) is 3.73. The Balaban J connectivity index is 1.94. The molecule has 0 unspecified atom stereocenters. The van der Waals surface area contributed by atoms with Gasteiger partial charge in [-0.2, -0.15) is 5.26 Å². The van der Waals surface area contributed by atoms with E-state index < -0.39 is 0 Å². The number of benzene rings is 1. The maximum absolute atomic E-state index is 12.3. The van der Waals surface area contributed by atoms with Gasteiger partial charge in [-0.1, -0.05) is 11.6 Å². The molecule has 1 saturated heterocycles. The molecule has 1 aliphatic heterocycles. The zero-order valence-electron chi connectivity index (χ0n) is 13.5. The molecule has 1 aromatic carbocycles. The van der Waals surface area contributed by atoms with Gasteiger partial charge in [0.1, 0.15) is 6.07 Å². The minimum absolute atomic E-state index is 0.0840. The molecule has 0 saturated carbocycles. The number of pyridine rings is 1. The topological polar surface area (TPSA) is 69.0 Å². The molecule has 2 heterocycles. The van der Waals surface area contributed by atoms with E-state index in [-0.39, 0.29) is 12.5 Å². The number of likely N-dealkylation sites (tertiary alicyclic amines) is 1. The van der Waals surface area contributed by atoms with Crippen molar-refractivity contribution in [2.45, 2.75) is 26.7 Å². The zero-order chi connectivity index (χ0) is 16.4. The monoisotopic (exact) mass is 308 g/mol. The van der Waals surface area contributed by atoms with Crippen molar-refractivity contribution in [1.82, 2.24) is 9.88 Å². The highest BCUT2D eigenvalue weighted by molar-refractivity contribution is 5.97. The van der Waals surface area contributed by atoms with Gasteiger partial charge in [-0.05, 0) is 38.3 Å². The molecule has 1 N–H and O–H groups in total. The second kappa shape index (κ2) is 6.25. The number of hydrogen-bond donors (Lipinski definition) is 1. The third kappa shape index (κ3) is 2.98. The van der Waals surface area contributed by atoms with Gasteiger partial charge in [0, 0.05) is 24.7 Å². The van der Waals surface area contributed by atoms with Crippen LogP contribution >= 0.6 is 0 Å². The fraction of sp³-hybridized carbons (Fsp3) is 0.389. The third-order valence-electron chi connectivity index (χ3n) is 4.30. The standard InChI is InChI=1S/C18H20N4O/c1-12-7-13(2)17-15(8-12)18(14(9-19)10-20-17)21-11-16(23)22-5-3-4-6-22/h7-8,10H,3-6,11H2,1-2H3,(H,20,21). The number of anilines is 1. The van der Waals surface area contributed by atoms with Crippen molar-refractivity contribution < 1.29 is 4.79 Å². The van der Waals surface area contributed by atoms with Crippen molar-refractivity contribution >= 4 is 22.5 Å². The van der Waals surface area contributed by atoms with Gasteiger partial charge in [-0.15, -0.1) is 0 Å². The zero-order valence-corrected chi connectivity index (χ0v) is 13.5. The second-order valence-corrected chi connectivity index (χ2v) is 6.08. The first kappa shape index (κ1) is 15.3. The summed E-state index contributed by atoms with van der Waals surface area (Å²) in [5.74, 6) is 0.0840. The average molecular weight is 308 g/mol. The molecule has 2 aromatic rings. The molecule has 1 aromatic heterocycles. The SMILES string of the molecule is Cc1cc(C)c2ncc(C#N)c(NCC(=O)N3CCCC3)c2c1. The van der Waals surface area contributed by atoms with Crippen LogP contribution < -0.4 is 5.32 Å². The summed E-state index contributed by atoms with van der Waals surface area (Å²) < 4.78 is 0. The van der Waals surface area contributed by atoms with Crippen LogP contribution in [0.4, 0.5) is 5.69 Å². The van der Waals surface area contributed by atoms with E-state index in [1.807, 2.05) is 24.8 Å². The summed E-state index contributed by atoms with van der Waals surface area (Å²) in [5.41, 5.74) is 4.22. The molecule has 0 aliphatic carbocycles. The van der Waals surface area contributed by atoms with Gasteiger partial charge in [0.25, 0.3) is 0 Å². The van der Waals surface area contributed by atoms with Crippen molar-refractivity contribution in [3.05, 3.63) is 35.0 Å². The highest BCUT2D eigenvalue weighted by atomic mass is 16.2. The lowest BCUT2D eigenvalue weighted by atomic mass is 10.0. The largest absolute Gasteiger partial charge is 0.374 e. The molecule has 0 bridgehead atoms. The van der Waals surface area contributed by atoms with E-state index in [1.54, 1.807) is 6.20 Å². The molecule has 0 atom stereocenters. The predicted octanol–water partition coefficient (Wildman–Crippen LogP) is 2.76. The quantitative estimate of drug-likeness (QED) is 0.946. The van der Waals surface area contributed by atoms with E-state index in [9.17, 15) is 10.1 Å². The fourth-order valence-electron chi connectivity index (χ4n) is 3.18. The van der Waals surface area contributed by atoms with Gasteiger partial charge in [0.15, 0.2) is 0 Å². The van der Waals surface area contributed by atoms with Gasteiger partial charge >= 0.3 is 0 Å². The maximum atomic E-state index is 12.3. The molecule has 23 heavy (non-hydrogen) atoms. The number of fused-ring (bicyclic) bond motifs is 1. The Morgan fingerprint density at radius 1 is 1.35 bits per heavy atom. The Bertz CT molecular complexity index is 801. The maximum Gasteiger partial charge on any atom is 0.241 e. The van der Waals surface area contributed by atoms with Gasteiger partial charge < -0.3 is 10.2 Å². The number of nitrogens with zero attached hydrogens (tertiary/aromatic N) is 3. The molecule has 5 heteroatoms. The minimum atomic E-state index is 0.0840. The lowest BCUT2D eigenvalue weighted by Crippen LogP contribution is -2.33. The molecule has 0 spiro atoms. The van der Waals surface area contributed by atoms with Crippen molar-refractivity contribution in [2.24, 2.45) is 0 Å². The summed E-state index contributed by atoms with van der Waals surface area (Å²) in [5, 5.41) is 13.5. The highest BCUT2D eigenvalue weighted by Crippen LogP contribution is 2.28. The minimum Gasteiger partial charge on any atom is -0.374 e. The molecule has 0 radical (unpaired) electrons. The summed E-state index contributed by atoms with van der Waals surface area (Å²) in [6.45, 7) is 5.90. The van der Waals surface area contributed by atoms with Crippen molar-refractivity contribution in [2.75, 3.05) is 25.0 Å². The molecule has 3 rings (SSSR count). The Labute approximate surface area is 135 Å². The molecular formula is C18H20N4O. The first-order valence-electron chi connectivity index (χ1n) is 7.92. The highest BCUT2D eigenvalue weighted by Gasteiger charge is 2.18. The molecule has 1 amide bonds. The van der Waals surface area contributed by atoms with Crippen LogP contribution in [0.25, 0.3) is 10.9 Å². The Hall–Kier alpha value is -2.61. The molecule has 118 valence electrons. The normalized spacial score (nSPS) is 14.0. The predicted molar refractivity (Wildman–Crippen MR) is 90.2 cm³/mol. The number of aromatic nitrogens is 1. The van der Waals surface area contributed by atoms with Gasteiger partial charge in [-0.25, -0.2) is 0 Å². The van der Waals surface area contributed by atoms with Crippen LogP contribution in [0, 0.1) is 25.2 Å². The fourth-order valence-corrected chi connectivity index (χ4v) is 3.18. The second-order valence-electron chi connectivity index (χ2n) is 6.08. The number of nitriles is 1.